The van der Waals surface area contributed by atoms with Crippen molar-refractivity contribution in [3.63, 3.8) is 0 Å². The number of rotatable bonds is 6. The zero-order chi connectivity index (χ0) is 14.4. The lowest BCUT2D eigenvalue weighted by Gasteiger charge is -2.21. The molecule has 0 amide bonds. The molecule has 1 N–H and O–H groups in total. The van der Waals surface area contributed by atoms with Gasteiger partial charge >= 0.3 is 0 Å². The Bertz CT molecular complexity index is 545. The summed E-state index contributed by atoms with van der Waals surface area (Å²) >= 11 is 0. The normalized spacial score (nSPS) is 11.9. The minimum atomic E-state index is -0.324. The zero-order valence-corrected chi connectivity index (χ0v) is 11.6. The van der Waals surface area contributed by atoms with Crippen molar-refractivity contribution in [2.75, 3.05) is 26.1 Å². The van der Waals surface area contributed by atoms with Gasteiger partial charge in [-0.25, -0.2) is 4.39 Å². The highest BCUT2D eigenvalue weighted by atomic mass is 19.1. The van der Waals surface area contributed by atoms with Gasteiger partial charge in [0.2, 0.25) is 0 Å². The zero-order valence-electron chi connectivity index (χ0n) is 11.6. The van der Waals surface area contributed by atoms with E-state index in [4.69, 9.17) is 9.47 Å². The number of anilines is 1. The number of nitrogens with one attached hydrogen (secondary N) is 1. The summed E-state index contributed by atoms with van der Waals surface area (Å²) in [4.78, 5) is 0. The monoisotopic (exact) mass is 275 g/mol. The first-order valence-electron chi connectivity index (χ1n) is 6.38. The number of halogens is 1. The van der Waals surface area contributed by atoms with Gasteiger partial charge in [-0.05, 0) is 17.7 Å². The maximum absolute atomic E-state index is 13.2. The van der Waals surface area contributed by atoms with E-state index in [0.29, 0.717) is 12.4 Å². The van der Waals surface area contributed by atoms with Crippen molar-refractivity contribution in [3.05, 3.63) is 59.9 Å². The van der Waals surface area contributed by atoms with E-state index >= 15 is 0 Å². The van der Waals surface area contributed by atoms with Crippen LogP contribution in [0.15, 0.2) is 48.5 Å². The van der Waals surface area contributed by atoms with Crippen LogP contribution in [0.5, 0.6) is 5.75 Å². The molecule has 0 aliphatic heterocycles. The van der Waals surface area contributed by atoms with Crippen LogP contribution in [0.4, 0.5) is 10.1 Å². The molecule has 0 aromatic heterocycles. The predicted molar refractivity (Wildman–Crippen MR) is 77.6 cm³/mol. The summed E-state index contributed by atoms with van der Waals surface area (Å²) in [6, 6.07) is 14.4. The average Bonchev–Trinajstić information content (AvgIpc) is 2.49. The topological polar surface area (TPSA) is 30.5 Å². The Balaban J connectivity index is 2.24. The molecule has 4 heteroatoms. The van der Waals surface area contributed by atoms with Crippen LogP contribution in [0, 0.1) is 5.82 Å². The third-order valence-corrected chi connectivity index (χ3v) is 3.03. The molecule has 2 aromatic carbocycles. The summed E-state index contributed by atoms with van der Waals surface area (Å²) in [6.07, 6.45) is 0. The SMILES string of the molecule is COCC(Nc1ccc(F)cc1OC)c1ccccc1. The molecule has 3 nitrogen and oxygen atoms in total. The molecule has 0 saturated heterocycles. The van der Waals surface area contributed by atoms with E-state index in [1.807, 2.05) is 30.3 Å². The Morgan fingerprint density at radius 2 is 1.85 bits per heavy atom. The van der Waals surface area contributed by atoms with Gasteiger partial charge in [0.25, 0.3) is 0 Å². The smallest absolute Gasteiger partial charge is 0.144 e. The minimum Gasteiger partial charge on any atom is -0.494 e. The van der Waals surface area contributed by atoms with Gasteiger partial charge in [0.15, 0.2) is 0 Å². The second kappa shape index (κ2) is 6.91. The van der Waals surface area contributed by atoms with Crippen LogP contribution in [-0.4, -0.2) is 20.8 Å². The van der Waals surface area contributed by atoms with Crippen LogP contribution in [0.3, 0.4) is 0 Å². The third-order valence-electron chi connectivity index (χ3n) is 3.03. The molecule has 0 aliphatic rings. The highest BCUT2D eigenvalue weighted by Gasteiger charge is 2.13. The first-order chi connectivity index (χ1) is 9.74. The molecule has 1 atom stereocenters. The fraction of sp³-hybridized carbons (Fsp3) is 0.250. The van der Waals surface area contributed by atoms with Gasteiger partial charge in [-0.1, -0.05) is 30.3 Å². The standard InChI is InChI=1S/C16H18FNO2/c1-19-11-15(12-6-4-3-5-7-12)18-14-9-8-13(17)10-16(14)20-2/h3-10,15,18H,11H2,1-2H3. The van der Waals surface area contributed by atoms with E-state index in [0.717, 1.165) is 11.3 Å². The molecule has 106 valence electrons. The Hall–Kier alpha value is -2.07. The number of hydrogen-bond donors (Lipinski definition) is 1. The molecule has 2 aromatic rings. The molecule has 0 aliphatic carbocycles. The van der Waals surface area contributed by atoms with Crippen molar-refractivity contribution in [2.45, 2.75) is 6.04 Å². The van der Waals surface area contributed by atoms with Crippen LogP contribution in [-0.2, 0) is 4.74 Å². The van der Waals surface area contributed by atoms with E-state index < -0.39 is 0 Å². The van der Waals surface area contributed by atoms with E-state index in [-0.39, 0.29) is 11.9 Å². The van der Waals surface area contributed by atoms with Crippen molar-refractivity contribution < 1.29 is 13.9 Å². The molecule has 0 spiro atoms. The van der Waals surface area contributed by atoms with Gasteiger partial charge in [0.1, 0.15) is 11.6 Å². The number of benzene rings is 2. The summed E-state index contributed by atoms with van der Waals surface area (Å²) in [6.45, 7) is 0.505. The average molecular weight is 275 g/mol. The van der Waals surface area contributed by atoms with Crippen LogP contribution in [0.2, 0.25) is 0 Å². The Morgan fingerprint density at radius 3 is 2.50 bits per heavy atom. The number of methoxy groups -OCH3 is 2. The van der Waals surface area contributed by atoms with Crippen molar-refractivity contribution in [2.24, 2.45) is 0 Å². The summed E-state index contributed by atoms with van der Waals surface area (Å²) in [5.74, 6) is 0.150. The van der Waals surface area contributed by atoms with Gasteiger partial charge < -0.3 is 14.8 Å². The first-order valence-corrected chi connectivity index (χ1v) is 6.38. The van der Waals surface area contributed by atoms with Crippen molar-refractivity contribution >= 4 is 5.69 Å². The Morgan fingerprint density at radius 1 is 1.10 bits per heavy atom. The third kappa shape index (κ3) is 3.48. The highest BCUT2D eigenvalue weighted by molar-refractivity contribution is 5.57. The molecule has 0 radical (unpaired) electrons. The molecule has 0 saturated carbocycles. The van der Waals surface area contributed by atoms with Crippen LogP contribution in [0.25, 0.3) is 0 Å². The largest absolute Gasteiger partial charge is 0.494 e. The lowest BCUT2D eigenvalue weighted by molar-refractivity contribution is 0.186. The Labute approximate surface area is 118 Å². The van der Waals surface area contributed by atoms with Gasteiger partial charge in [-0.3, -0.25) is 0 Å². The molecule has 0 fully saturated rings. The van der Waals surface area contributed by atoms with Gasteiger partial charge in [0, 0.05) is 13.2 Å². The fourth-order valence-corrected chi connectivity index (χ4v) is 2.05. The second-order valence-corrected chi connectivity index (χ2v) is 4.41. The second-order valence-electron chi connectivity index (χ2n) is 4.41. The van der Waals surface area contributed by atoms with Crippen molar-refractivity contribution in [1.82, 2.24) is 0 Å². The number of hydrogen-bond acceptors (Lipinski definition) is 3. The summed E-state index contributed by atoms with van der Waals surface area (Å²) < 4.78 is 23.7. The van der Waals surface area contributed by atoms with Gasteiger partial charge in [0.05, 0.1) is 25.4 Å². The molecular formula is C16H18FNO2. The van der Waals surface area contributed by atoms with Gasteiger partial charge in [-0.15, -0.1) is 0 Å². The van der Waals surface area contributed by atoms with E-state index in [1.165, 1.54) is 19.2 Å². The molecule has 0 bridgehead atoms. The lowest BCUT2D eigenvalue weighted by Crippen LogP contribution is -2.16. The van der Waals surface area contributed by atoms with Crippen molar-refractivity contribution in [3.8, 4) is 5.75 Å². The fourth-order valence-electron chi connectivity index (χ4n) is 2.05. The van der Waals surface area contributed by atoms with Crippen LogP contribution < -0.4 is 10.1 Å². The maximum Gasteiger partial charge on any atom is 0.144 e. The maximum atomic E-state index is 13.2. The summed E-state index contributed by atoms with van der Waals surface area (Å²) in [5.41, 5.74) is 1.83. The van der Waals surface area contributed by atoms with E-state index in [1.54, 1.807) is 13.2 Å². The molecule has 1 unspecified atom stereocenters. The highest BCUT2D eigenvalue weighted by Crippen LogP contribution is 2.29. The molecular weight excluding hydrogens is 257 g/mol. The lowest BCUT2D eigenvalue weighted by atomic mass is 10.1. The van der Waals surface area contributed by atoms with Crippen LogP contribution in [0.1, 0.15) is 11.6 Å². The quantitative estimate of drug-likeness (QED) is 0.873. The minimum absolute atomic E-state index is 0.0273. The van der Waals surface area contributed by atoms with Gasteiger partial charge in [-0.2, -0.15) is 0 Å². The van der Waals surface area contributed by atoms with E-state index in [2.05, 4.69) is 5.32 Å². The molecule has 20 heavy (non-hydrogen) atoms. The summed E-state index contributed by atoms with van der Waals surface area (Å²) in [7, 11) is 3.17. The van der Waals surface area contributed by atoms with Crippen molar-refractivity contribution in [1.29, 1.82) is 0 Å². The molecule has 0 heterocycles. The predicted octanol–water partition coefficient (Wildman–Crippen LogP) is 3.63. The first kappa shape index (κ1) is 14.3. The number of ether oxygens (including phenoxy) is 2. The summed E-state index contributed by atoms with van der Waals surface area (Å²) in [5, 5.41) is 3.33. The molecule has 2 rings (SSSR count). The van der Waals surface area contributed by atoms with Crippen LogP contribution >= 0.6 is 0 Å². The van der Waals surface area contributed by atoms with E-state index in [9.17, 15) is 4.39 Å². The Kier molecular flexibility index (Phi) is 4.96.